The van der Waals surface area contributed by atoms with E-state index in [1.165, 1.54) is 27.8 Å². The summed E-state index contributed by atoms with van der Waals surface area (Å²) in [6.07, 6.45) is 1.09. The van der Waals surface area contributed by atoms with E-state index < -0.39 is 0 Å². The molecule has 2 aromatic carbocycles. The van der Waals surface area contributed by atoms with E-state index in [-0.39, 0.29) is 0 Å². The highest BCUT2D eigenvalue weighted by Crippen LogP contribution is 2.28. The zero-order valence-corrected chi connectivity index (χ0v) is 10.2. The molecule has 0 aliphatic carbocycles. The van der Waals surface area contributed by atoms with Crippen molar-refractivity contribution >= 4 is 0 Å². The van der Waals surface area contributed by atoms with Gasteiger partial charge in [-0.1, -0.05) is 49.4 Å². The van der Waals surface area contributed by atoms with Gasteiger partial charge in [0.2, 0.25) is 0 Å². The van der Waals surface area contributed by atoms with Crippen LogP contribution in [0.25, 0.3) is 11.1 Å². The van der Waals surface area contributed by atoms with Crippen LogP contribution in [0.1, 0.15) is 23.6 Å². The van der Waals surface area contributed by atoms with E-state index in [0.717, 1.165) is 6.42 Å². The van der Waals surface area contributed by atoms with Gasteiger partial charge < -0.3 is 0 Å². The van der Waals surface area contributed by atoms with Crippen LogP contribution in [0.15, 0.2) is 42.5 Å². The summed E-state index contributed by atoms with van der Waals surface area (Å²) in [5.41, 5.74) is 6.94. The zero-order chi connectivity index (χ0) is 11.5. The Morgan fingerprint density at radius 1 is 0.812 bits per heavy atom. The minimum Gasteiger partial charge on any atom is -0.0620 e. The molecule has 0 saturated heterocycles. The second-order valence-electron chi connectivity index (χ2n) is 4.26. The van der Waals surface area contributed by atoms with Crippen LogP contribution in [0.2, 0.25) is 0 Å². The summed E-state index contributed by atoms with van der Waals surface area (Å²) in [7, 11) is 0. The van der Waals surface area contributed by atoms with Gasteiger partial charge in [0.25, 0.3) is 0 Å². The third-order valence-corrected chi connectivity index (χ3v) is 3.29. The lowest BCUT2D eigenvalue weighted by Crippen LogP contribution is -1.91. The Bertz CT molecular complexity index is 495. The Morgan fingerprint density at radius 2 is 1.50 bits per heavy atom. The van der Waals surface area contributed by atoms with Crippen molar-refractivity contribution in [3.05, 3.63) is 59.2 Å². The SMILES string of the molecule is CCc1ccccc1-c1cccc(C)c1C. The summed E-state index contributed by atoms with van der Waals surface area (Å²) in [6, 6.07) is 15.2. The average Bonchev–Trinajstić information content (AvgIpc) is 2.33. The number of benzene rings is 2. The number of hydrogen-bond acceptors (Lipinski definition) is 0. The van der Waals surface area contributed by atoms with Crippen LogP contribution in [0.3, 0.4) is 0 Å². The molecule has 2 aromatic rings. The molecule has 2 rings (SSSR count). The molecule has 0 N–H and O–H groups in total. The van der Waals surface area contributed by atoms with E-state index >= 15 is 0 Å². The summed E-state index contributed by atoms with van der Waals surface area (Å²) >= 11 is 0. The minimum atomic E-state index is 1.09. The van der Waals surface area contributed by atoms with Crippen LogP contribution < -0.4 is 0 Å². The van der Waals surface area contributed by atoms with Gasteiger partial charge in [0.1, 0.15) is 0 Å². The van der Waals surface area contributed by atoms with Crippen molar-refractivity contribution in [1.82, 2.24) is 0 Å². The molecule has 0 bridgehead atoms. The molecule has 0 nitrogen and oxygen atoms in total. The van der Waals surface area contributed by atoms with Crippen LogP contribution in [0, 0.1) is 13.8 Å². The maximum absolute atomic E-state index is 2.22. The second-order valence-corrected chi connectivity index (χ2v) is 4.26. The summed E-state index contributed by atoms with van der Waals surface area (Å²) < 4.78 is 0. The molecule has 0 aliphatic heterocycles. The number of aryl methyl sites for hydroxylation is 2. The maximum Gasteiger partial charge on any atom is -0.0149 e. The lowest BCUT2D eigenvalue weighted by atomic mass is 9.93. The van der Waals surface area contributed by atoms with Crippen molar-refractivity contribution in [2.24, 2.45) is 0 Å². The van der Waals surface area contributed by atoms with Gasteiger partial charge in [0, 0.05) is 0 Å². The summed E-state index contributed by atoms with van der Waals surface area (Å²) in [6.45, 7) is 6.59. The normalized spacial score (nSPS) is 10.4. The Kier molecular flexibility index (Phi) is 3.09. The van der Waals surface area contributed by atoms with Crippen LogP contribution in [-0.4, -0.2) is 0 Å². The first-order valence-electron chi connectivity index (χ1n) is 5.88. The van der Waals surface area contributed by atoms with Gasteiger partial charge >= 0.3 is 0 Å². The van der Waals surface area contributed by atoms with E-state index in [0.29, 0.717) is 0 Å². The average molecular weight is 210 g/mol. The topological polar surface area (TPSA) is 0 Å². The molecule has 0 radical (unpaired) electrons. The van der Waals surface area contributed by atoms with Crippen LogP contribution in [-0.2, 0) is 6.42 Å². The largest absolute Gasteiger partial charge is 0.0620 e. The van der Waals surface area contributed by atoms with E-state index in [1.54, 1.807) is 0 Å². The molecule has 0 heterocycles. The fraction of sp³-hybridized carbons (Fsp3) is 0.250. The first kappa shape index (κ1) is 10.9. The van der Waals surface area contributed by atoms with Crippen molar-refractivity contribution in [2.75, 3.05) is 0 Å². The Morgan fingerprint density at radius 3 is 2.25 bits per heavy atom. The van der Waals surface area contributed by atoms with E-state index in [1.807, 2.05) is 0 Å². The molecule has 16 heavy (non-hydrogen) atoms. The number of rotatable bonds is 2. The fourth-order valence-corrected chi connectivity index (χ4v) is 2.13. The molecule has 0 amide bonds. The molecule has 0 fully saturated rings. The standard InChI is InChI=1S/C16H18/c1-4-14-9-5-6-10-16(14)15-11-7-8-12(2)13(15)3/h5-11H,4H2,1-3H3. The van der Waals surface area contributed by atoms with E-state index in [2.05, 4.69) is 63.2 Å². The molecule has 82 valence electrons. The molecule has 0 spiro atoms. The molecular weight excluding hydrogens is 192 g/mol. The first-order valence-corrected chi connectivity index (χ1v) is 5.88. The predicted octanol–water partition coefficient (Wildman–Crippen LogP) is 4.53. The zero-order valence-electron chi connectivity index (χ0n) is 10.2. The third-order valence-electron chi connectivity index (χ3n) is 3.29. The highest BCUT2D eigenvalue weighted by molar-refractivity contribution is 5.71. The maximum atomic E-state index is 2.22. The molecule has 0 aliphatic rings. The van der Waals surface area contributed by atoms with Gasteiger partial charge in [-0.3, -0.25) is 0 Å². The summed E-state index contributed by atoms with van der Waals surface area (Å²) in [5.74, 6) is 0. The minimum absolute atomic E-state index is 1.09. The van der Waals surface area contributed by atoms with Gasteiger partial charge in [-0.15, -0.1) is 0 Å². The van der Waals surface area contributed by atoms with Gasteiger partial charge in [0.15, 0.2) is 0 Å². The highest BCUT2D eigenvalue weighted by Gasteiger charge is 2.06. The van der Waals surface area contributed by atoms with Crippen LogP contribution in [0.4, 0.5) is 0 Å². The molecule has 0 aromatic heterocycles. The smallest absolute Gasteiger partial charge is 0.0149 e. The van der Waals surface area contributed by atoms with Gasteiger partial charge in [0.05, 0.1) is 0 Å². The molecule has 0 saturated carbocycles. The first-order chi connectivity index (χ1) is 7.74. The van der Waals surface area contributed by atoms with Crippen LogP contribution >= 0.6 is 0 Å². The van der Waals surface area contributed by atoms with Gasteiger partial charge in [-0.05, 0) is 48.1 Å². The molecule has 0 atom stereocenters. The van der Waals surface area contributed by atoms with E-state index in [9.17, 15) is 0 Å². The Hall–Kier alpha value is -1.56. The Labute approximate surface area is 97.9 Å². The Balaban J connectivity index is 2.63. The van der Waals surface area contributed by atoms with Crippen molar-refractivity contribution in [3.8, 4) is 11.1 Å². The van der Waals surface area contributed by atoms with Gasteiger partial charge in [-0.2, -0.15) is 0 Å². The predicted molar refractivity (Wildman–Crippen MR) is 70.7 cm³/mol. The second kappa shape index (κ2) is 4.52. The quantitative estimate of drug-likeness (QED) is 0.683. The van der Waals surface area contributed by atoms with Crippen molar-refractivity contribution in [3.63, 3.8) is 0 Å². The molecule has 0 unspecified atom stereocenters. The monoisotopic (exact) mass is 210 g/mol. The van der Waals surface area contributed by atoms with Crippen molar-refractivity contribution in [2.45, 2.75) is 27.2 Å². The van der Waals surface area contributed by atoms with Gasteiger partial charge in [-0.25, -0.2) is 0 Å². The van der Waals surface area contributed by atoms with Crippen molar-refractivity contribution in [1.29, 1.82) is 0 Å². The fourth-order valence-electron chi connectivity index (χ4n) is 2.13. The summed E-state index contributed by atoms with van der Waals surface area (Å²) in [4.78, 5) is 0. The lowest BCUT2D eigenvalue weighted by Gasteiger charge is -2.12. The van der Waals surface area contributed by atoms with Crippen LogP contribution in [0.5, 0.6) is 0 Å². The highest BCUT2D eigenvalue weighted by atomic mass is 14.1. The summed E-state index contributed by atoms with van der Waals surface area (Å²) in [5, 5.41) is 0. The van der Waals surface area contributed by atoms with E-state index in [4.69, 9.17) is 0 Å². The third kappa shape index (κ3) is 1.88. The number of hydrogen-bond donors (Lipinski definition) is 0. The molecule has 0 heteroatoms. The molecular formula is C16H18. The van der Waals surface area contributed by atoms with Crippen molar-refractivity contribution < 1.29 is 0 Å². The lowest BCUT2D eigenvalue weighted by molar-refractivity contribution is 1.14.